The molecule has 0 bridgehead atoms. The quantitative estimate of drug-likeness (QED) is 0.616. The van der Waals surface area contributed by atoms with Crippen molar-refractivity contribution in [3.05, 3.63) is 48.5 Å². The van der Waals surface area contributed by atoms with Crippen LogP contribution in [0.2, 0.25) is 0 Å². The number of hydrogen-bond acceptors (Lipinski definition) is 6. The number of ether oxygens (including phenoxy) is 1. The third-order valence-corrected chi connectivity index (χ3v) is 6.02. The maximum atomic E-state index is 12.4. The lowest BCUT2D eigenvalue weighted by molar-refractivity contribution is 0.301. The number of benzene rings is 2. The molecule has 0 heterocycles. The molecule has 0 aliphatic heterocycles. The Balaban J connectivity index is 2.42. The molecule has 8 nitrogen and oxygen atoms in total. The number of aliphatic hydroxyl groups is 1. The highest BCUT2D eigenvalue weighted by Gasteiger charge is 2.20. The summed E-state index contributed by atoms with van der Waals surface area (Å²) in [6.45, 7) is -0.512. The Bertz CT molecular complexity index is 928. The predicted molar refractivity (Wildman–Crippen MR) is 92.5 cm³/mol. The SMILES string of the molecule is COc1ccc(S(=O)(=O)NCCO)cc1NS(=O)(=O)c1ccccc1. The van der Waals surface area contributed by atoms with Crippen LogP contribution in [0.3, 0.4) is 0 Å². The summed E-state index contributed by atoms with van der Waals surface area (Å²) in [7, 11) is -6.46. The van der Waals surface area contributed by atoms with E-state index in [-0.39, 0.29) is 34.4 Å². The van der Waals surface area contributed by atoms with Gasteiger partial charge in [-0.05, 0) is 30.3 Å². The average molecular weight is 386 g/mol. The Morgan fingerprint density at radius 1 is 0.960 bits per heavy atom. The highest BCUT2D eigenvalue weighted by Crippen LogP contribution is 2.29. The fourth-order valence-corrected chi connectivity index (χ4v) is 4.13. The van der Waals surface area contributed by atoms with E-state index in [1.165, 1.54) is 31.4 Å². The van der Waals surface area contributed by atoms with Gasteiger partial charge in [-0.25, -0.2) is 21.6 Å². The van der Waals surface area contributed by atoms with Gasteiger partial charge in [-0.1, -0.05) is 18.2 Å². The number of hydrogen-bond donors (Lipinski definition) is 3. The molecular formula is C15H18N2O6S2. The van der Waals surface area contributed by atoms with Crippen molar-refractivity contribution in [1.82, 2.24) is 4.72 Å². The Labute approximate surface area is 146 Å². The molecule has 10 heteroatoms. The maximum Gasteiger partial charge on any atom is 0.262 e. The highest BCUT2D eigenvalue weighted by atomic mass is 32.2. The molecule has 0 amide bonds. The number of nitrogens with one attached hydrogen (secondary N) is 2. The van der Waals surface area contributed by atoms with Crippen molar-refractivity contribution in [2.24, 2.45) is 0 Å². The van der Waals surface area contributed by atoms with Gasteiger partial charge in [0.1, 0.15) is 5.75 Å². The Kier molecular flexibility index (Phi) is 6.01. The van der Waals surface area contributed by atoms with E-state index in [4.69, 9.17) is 9.84 Å². The maximum absolute atomic E-state index is 12.4. The molecule has 0 unspecified atom stereocenters. The molecule has 0 saturated heterocycles. The Morgan fingerprint density at radius 2 is 1.64 bits per heavy atom. The molecule has 0 aliphatic rings. The topological polar surface area (TPSA) is 122 Å². The molecule has 136 valence electrons. The largest absolute Gasteiger partial charge is 0.495 e. The van der Waals surface area contributed by atoms with E-state index >= 15 is 0 Å². The molecule has 0 atom stereocenters. The summed E-state index contributed by atoms with van der Waals surface area (Å²) in [4.78, 5) is -0.128. The average Bonchev–Trinajstić information content (AvgIpc) is 2.60. The molecule has 2 aromatic carbocycles. The molecule has 2 aromatic rings. The van der Waals surface area contributed by atoms with Gasteiger partial charge >= 0.3 is 0 Å². The van der Waals surface area contributed by atoms with Crippen molar-refractivity contribution in [2.45, 2.75) is 9.79 Å². The third kappa shape index (κ3) is 4.69. The van der Waals surface area contributed by atoms with Gasteiger partial charge in [0.15, 0.2) is 0 Å². The van der Waals surface area contributed by atoms with Gasteiger partial charge in [-0.3, -0.25) is 4.72 Å². The number of anilines is 1. The van der Waals surface area contributed by atoms with E-state index in [0.717, 1.165) is 6.07 Å². The smallest absolute Gasteiger partial charge is 0.262 e. The monoisotopic (exact) mass is 386 g/mol. The highest BCUT2D eigenvalue weighted by molar-refractivity contribution is 7.92. The fourth-order valence-electron chi connectivity index (χ4n) is 2.00. The van der Waals surface area contributed by atoms with Crippen LogP contribution in [0.15, 0.2) is 58.3 Å². The van der Waals surface area contributed by atoms with Gasteiger partial charge < -0.3 is 9.84 Å². The molecule has 0 saturated carbocycles. The van der Waals surface area contributed by atoms with Crippen LogP contribution in [0.5, 0.6) is 5.75 Å². The van der Waals surface area contributed by atoms with Crippen molar-refractivity contribution in [3.8, 4) is 5.75 Å². The molecule has 0 aromatic heterocycles. The van der Waals surface area contributed by atoms with Crippen LogP contribution in [-0.4, -0.2) is 42.2 Å². The zero-order chi connectivity index (χ0) is 18.5. The summed E-state index contributed by atoms with van der Waals surface area (Å²) in [5.41, 5.74) is -0.0155. The minimum Gasteiger partial charge on any atom is -0.495 e. The van der Waals surface area contributed by atoms with Gasteiger partial charge in [0.2, 0.25) is 10.0 Å². The van der Waals surface area contributed by atoms with Crippen LogP contribution in [0.25, 0.3) is 0 Å². The minimum atomic E-state index is -3.91. The fraction of sp³-hybridized carbons (Fsp3) is 0.200. The van der Waals surface area contributed by atoms with Crippen LogP contribution in [0.1, 0.15) is 0 Å². The Morgan fingerprint density at radius 3 is 2.24 bits per heavy atom. The van der Waals surface area contributed by atoms with Crippen LogP contribution in [0, 0.1) is 0 Å². The van der Waals surface area contributed by atoms with E-state index in [0.29, 0.717) is 0 Å². The molecule has 2 rings (SSSR count). The summed E-state index contributed by atoms with van der Waals surface area (Å²) in [6, 6.07) is 11.4. The van der Waals surface area contributed by atoms with Crippen LogP contribution < -0.4 is 14.2 Å². The van der Waals surface area contributed by atoms with E-state index in [2.05, 4.69) is 9.44 Å². The van der Waals surface area contributed by atoms with Crippen molar-refractivity contribution in [2.75, 3.05) is 25.0 Å². The summed E-state index contributed by atoms with van der Waals surface area (Å²) in [5, 5.41) is 8.75. The molecule has 0 radical (unpaired) electrons. The molecule has 0 spiro atoms. The minimum absolute atomic E-state index is 0.0155. The van der Waals surface area contributed by atoms with E-state index in [9.17, 15) is 16.8 Å². The number of aliphatic hydroxyl groups excluding tert-OH is 1. The van der Waals surface area contributed by atoms with E-state index in [1.807, 2.05) is 0 Å². The van der Waals surface area contributed by atoms with Gasteiger partial charge in [-0.2, -0.15) is 0 Å². The second-order valence-electron chi connectivity index (χ2n) is 4.90. The number of methoxy groups -OCH3 is 1. The van der Waals surface area contributed by atoms with Gasteiger partial charge in [0.05, 0.1) is 29.2 Å². The Hall–Kier alpha value is -2.14. The van der Waals surface area contributed by atoms with E-state index in [1.54, 1.807) is 18.2 Å². The second-order valence-corrected chi connectivity index (χ2v) is 8.35. The molecule has 0 aliphatic carbocycles. The van der Waals surface area contributed by atoms with Crippen molar-refractivity contribution < 1.29 is 26.7 Å². The molecule has 0 fully saturated rings. The number of rotatable bonds is 8. The standard InChI is InChI=1S/C15H18N2O6S2/c1-23-15-8-7-13(24(19,20)16-9-10-18)11-14(15)17-25(21,22)12-5-3-2-4-6-12/h2-8,11,16-18H,9-10H2,1H3. The van der Waals surface area contributed by atoms with Crippen LogP contribution in [0.4, 0.5) is 5.69 Å². The third-order valence-electron chi connectivity index (χ3n) is 3.18. The summed E-state index contributed by atoms with van der Waals surface area (Å²) in [5.74, 6) is 0.167. The zero-order valence-electron chi connectivity index (χ0n) is 13.3. The van der Waals surface area contributed by atoms with Crippen molar-refractivity contribution in [1.29, 1.82) is 0 Å². The first-order valence-electron chi connectivity index (χ1n) is 7.16. The van der Waals surface area contributed by atoms with Gasteiger partial charge in [-0.15, -0.1) is 0 Å². The van der Waals surface area contributed by atoms with Crippen LogP contribution in [-0.2, 0) is 20.0 Å². The summed E-state index contributed by atoms with van der Waals surface area (Å²) < 4.78 is 58.8. The van der Waals surface area contributed by atoms with Crippen molar-refractivity contribution >= 4 is 25.7 Å². The first-order chi connectivity index (χ1) is 11.8. The molecule has 3 N–H and O–H groups in total. The van der Waals surface area contributed by atoms with Crippen molar-refractivity contribution in [3.63, 3.8) is 0 Å². The predicted octanol–water partition coefficient (Wildman–Crippen LogP) is 0.767. The lowest BCUT2D eigenvalue weighted by Crippen LogP contribution is -2.26. The van der Waals surface area contributed by atoms with E-state index < -0.39 is 20.0 Å². The first kappa shape index (κ1) is 19.2. The second kappa shape index (κ2) is 7.83. The lowest BCUT2D eigenvalue weighted by Gasteiger charge is -2.14. The first-order valence-corrected chi connectivity index (χ1v) is 10.1. The zero-order valence-corrected chi connectivity index (χ0v) is 15.0. The molecule has 25 heavy (non-hydrogen) atoms. The number of sulfonamides is 2. The summed E-state index contributed by atoms with van der Waals surface area (Å²) in [6.07, 6.45) is 0. The van der Waals surface area contributed by atoms with Gasteiger partial charge in [0, 0.05) is 6.54 Å². The normalized spacial score (nSPS) is 11.9. The summed E-state index contributed by atoms with van der Waals surface area (Å²) >= 11 is 0. The van der Waals surface area contributed by atoms with Crippen LogP contribution >= 0.6 is 0 Å². The van der Waals surface area contributed by atoms with Gasteiger partial charge in [0.25, 0.3) is 10.0 Å². The lowest BCUT2D eigenvalue weighted by atomic mass is 10.3. The molecular weight excluding hydrogens is 368 g/mol.